The van der Waals surface area contributed by atoms with E-state index in [1.54, 1.807) is 0 Å². The molecule has 17 heavy (non-hydrogen) atoms. The minimum atomic E-state index is -3.35. The molecule has 1 aliphatic heterocycles. The number of hydrogen-bond donors (Lipinski definition) is 2. The van der Waals surface area contributed by atoms with E-state index in [0.29, 0.717) is 12.6 Å². The zero-order chi connectivity index (χ0) is 12.5. The highest BCUT2D eigenvalue weighted by atomic mass is 32.2. The van der Waals surface area contributed by atoms with Gasteiger partial charge in [-0.3, -0.25) is 0 Å². The summed E-state index contributed by atoms with van der Waals surface area (Å²) in [5.41, 5.74) is 0. The normalized spacial score (nSPS) is 40.1. The Morgan fingerprint density at radius 1 is 1.06 bits per heavy atom. The largest absolute Gasteiger partial charge is 0.312 e. The van der Waals surface area contributed by atoms with Crippen molar-refractivity contribution in [2.75, 3.05) is 6.54 Å². The van der Waals surface area contributed by atoms with Crippen molar-refractivity contribution in [3.05, 3.63) is 0 Å². The van der Waals surface area contributed by atoms with Crippen LogP contribution in [-0.4, -0.2) is 26.3 Å². The highest BCUT2D eigenvalue weighted by molar-refractivity contribution is 7.89. The van der Waals surface area contributed by atoms with Gasteiger partial charge in [0.05, 0.1) is 5.25 Å². The summed E-state index contributed by atoms with van der Waals surface area (Å²) >= 11 is 0. The molecule has 2 rings (SSSR count). The van der Waals surface area contributed by atoms with E-state index in [4.69, 9.17) is 5.14 Å². The average Bonchev–Trinajstić information content (AvgIpc) is 2.29. The Morgan fingerprint density at radius 2 is 1.71 bits per heavy atom. The maximum atomic E-state index is 11.3. The fourth-order valence-corrected chi connectivity index (χ4v) is 4.02. The molecular formula is C12H24N2O2S. The molecule has 0 aromatic heterocycles. The van der Waals surface area contributed by atoms with Gasteiger partial charge in [-0.2, -0.15) is 0 Å². The topological polar surface area (TPSA) is 72.2 Å². The Bertz CT molecular complexity index is 340. The first-order chi connectivity index (χ1) is 7.97. The summed E-state index contributed by atoms with van der Waals surface area (Å²) < 4.78 is 22.5. The summed E-state index contributed by atoms with van der Waals surface area (Å²) in [6, 6.07) is 0.514. The molecular weight excluding hydrogens is 236 g/mol. The van der Waals surface area contributed by atoms with Gasteiger partial charge in [0.1, 0.15) is 0 Å². The molecule has 0 spiro atoms. The van der Waals surface area contributed by atoms with Crippen LogP contribution in [0.2, 0.25) is 0 Å². The molecule has 1 heterocycles. The Labute approximate surface area is 104 Å². The molecule has 100 valence electrons. The van der Waals surface area contributed by atoms with Crippen LogP contribution in [0.5, 0.6) is 0 Å². The van der Waals surface area contributed by atoms with Crippen molar-refractivity contribution in [2.45, 2.75) is 56.7 Å². The van der Waals surface area contributed by atoms with Crippen LogP contribution in [0.15, 0.2) is 0 Å². The fourth-order valence-electron chi connectivity index (χ4n) is 3.22. The lowest BCUT2D eigenvalue weighted by molar-refractivity contribution is 0.206. The second-order valence-corrected chi connectivity index (χ2v) is 7.67. The summed E-state index contributed by atoms with van der Waals surface area (Å²) in [6.07, 6.45) is 6.91. The third-order valence-electron chi connectivity index (χ3n) is 4.50. The number of rotatable bonds is 2. The van der Waals surface area contributed by atoms with Crippen molar-refractivity contribution in [3.8, 4) is 0 Å². The van der Waals surface area contributed by atoms with Gasteiger partial charge in [-0.05, 0) is 37.5 Å². The van der Waals surface area contributed by atoms with Crippen LogP contribution in [-0.2, 0) is 10.0 Å². The van der Waals surface area contributed by atoms with Gasteiger partial charge in [-0.15, -0.1) is 0 Å². The number of primary sulfonamides is 1. The van der Waals surface area contributed by atoms with E-state index in [2.05, 4.69) is 12.2 Å². The summed E-state index contributed by atoms with van der Waals surface area (Å²) in [5.74, 6) is 1.61. The van der Waals surface area contributed by atoms with Crippen molar-refractivity contribution >= 4 is 10.0 Å². The number of sulfonamides is 1. The molecule has 0 bridgehead atoms. The van der Waals surface area contributed by atoms with Crippen molar-refractivity contribution in [1.29, 1.82) is 0 Å². The quantitative estimate of drug-likeness (QED) is 0.784. The molecule has 2 fully saturated rings. The van der Waals surface area contributed by atoms with Gasteiger partial charge in [0, 0.05) is 12.6 Å². The smallest absolute Gasteiger partial charge is 0.213 e. The van der Waals surface area contributed by atoms with Gasteiger partial charge in [0.15, 0.2) is 0 Å². The number of piperidine rings is 1. The average molecular weight is 260 g/mol. The van der Waals surface area contributed by atoms with Gasteiger partial charge in [-0.25, -0.2) is 13.6 Å². The SMILES string of the molecule is CC1CCC(C2CCC(S(N)(=O)=O)CN2)CC1. The third-order valence-corrected chi connectivity index (χ3v) is 5.83. The van der Waals surface area contributed by atoms with Crippen LogP contribution in [0.3, 0.4) is 0 Å². The summed E-state index contributed by atoms with van der Waals surface area (Å²) in [4.78, 5) is 0. The molecule has 0 radical (unpaired) electrons. The van der Waals surface area contributed by atoms with E-state index in [-0.39, 0.29) is 5.25 Å². The Kier molecular flexibility index (Phi) is 4.10. The Balaban J connectivity index is 1.83. The van der Waals surface area contributed by atoms with Gasteiger partial charge in [0.25, 0.3) is 0 Å². The summed E-state index contributed by atoms with van der Waals surface area (Å²) in [6.45, 7) is 2.86. The fraction of sp³-hybridized carbons (Fsp3) is 1.00. The molecule has 4 nitrogen and oxygen atoms in total. The van der Waals surface area contributed by atoms with E-state index in [0.717, 1.165) is 24.7 Å². The second-order valence-electron chi connectivity index (χ2n) is 5.82. The Hall–Kier alpha value is -0.130. The standard InChI is InChI=1S/C12H24N2O2S/c1-9-2-4-10(5-3-9)12-7-6-11(8-14-12)17(13,15)16/h9-12,14H,2-8H2,1H3,(H2,13,15,16). The monoisotopic (exact) mass is 260 g/mol. The minimum absolute atomic E-state index is 0.374. The first-order valence-electron chi connectivity index (χ1n) is 6.72. The zero-order valence-corrected chi connectivity index (χ0v) is 11.4. The van der Waals surface area contributed by atoms with Crippen molar-refractivity contribution < 1.29 is 8.42 Å². The predicted octanol–water partition coefficient (Wildman–Crippen LogP) is 1.22. The molecule has 2 atom stereocenters. The molecule has 2 aliphatic rings. The van der Waals surface area contributed by atoms with E-state index >= 15 is 0 Å². The highest BCUT2D eigenvalue weighted by Crippen LogP contribution is 2.33. The first-order valence-corrected chi connectivity index (χ1v) is 8.32. The zero-order valence-electron chi connectivity index (χ0n) is 10.6. The lowest BCUT2D eigenvalue weighted by Gasteiger charge is -2.37. The van der Waals surface area contributed by atoms with Crippen LogP contribution < -0.4 is 10.5 Å². The lowest BCUT2D eigenvalue weighted by Crippen LogP contribution is -2.49. The molecule has 1 aliphatic carbocycles. The van der Waals surface area contributed by atoms with Crippen LogP contribution in [0.4, 0.5) is 0 Å². The van der Waals surface area contributed by atoms with Crippen LogP contribution in [0.1, 0.15) is 45.4 Å². The minimum Gasteiger partial charge on any atom is -0.312 e. The summed E-state index contributed by atoms with van der Waals surface area (Å²) in [7, 11) is -3.35. The van der Waals surface area contributed by atoms with Gasteiger partial charge < -0.3 is 5.32 Å². The third kappa shape index (κ3) is 3.42. The van der Waals surface area contributed by atoms with Gasteiger partial charge in [-0.1, -0.05) is 19.8 Å². The van der Waals surface area contributed by atoms with E-state index in [1.165, 1.54) is 25.7 Å². The second kappa shape index (κ2) is 5.24. The van der Waals surface area contributed by atoms with Crippen molar-refractivity contribution in [3.63, 3.8) is 0 Å². The first kappa shape index (κ1) is 13.3. The molecule has 0 amide bonds. The van der Waals surface area contributed by atoms with Crippen LogP contribution in [0, 0.1) is 11.8 Å². The molecule has 1 saturated carbocycles. The van der Waals surface area contributed by atoms with Crippen LogP contribution >= 0.6 is 0 Å². The number of hydrogen-bond acceptors (Lipinski definition) is 3. The highest BCUT2D eigenvalue weighted by Gasteiger charge is 2.32. The molecule has 1 saturated heterocycles. The Morgan fingerprint density at radius 3 is 2.18 bits per heavy atom. The van der Waals surface area contributed by atoms with Crippen molar-refractivity contribution in [2.24, 2.45) is 17.0 Å². The number of nitrogens with two attached hydrogens (primary N) is 1. The molecule has 5 heteroatoms. The van der Waals surface area contributed by atoms with Crippen LogP contribution in [0.25, 0.3) is 0 Å². The maximum absolute atomic E-state index is 11.3. The predicted molar refractivity (Wildman–Crippen MR) is 69.0 cm³/mol. The van der Waals surface area contributed by atoms with Crippen molar-refractivity contribution in [1.82, 2.24) is 5.32 Å². The van der Waals surface area contributed by atoms with E-state index < -0.39 is 10.0 Å². The molecule has 0 aromatic rings. The molecule has 0 aromatic carbocycles. The van der Waals surface area contributed by atoms with E-state index in [1.807, 2.05) is 0 Å². The maximum Gasteiger partial charge on any atom is 0.213 e. The summed E-state index contributed by atoms with van der Waals surface area (Å²) in [5, 5.41) is 8.21. The molecule has 2 unspecified atom stereocenters. The van der Waals surface area contributed by atoms with E-state index in [9.17, 15) is 8.42 Å². The van der Waals surface area contributed by atoms with Gasteiger partial charge >= 0.3 is 0 Å². The van der Waals surface area contributed by atoms with Gasteiger partial charge in [0.2, 0.25) is 10.0 Å². The molecule has 3 N–H and O–H groups in total. The number of nitrogens with one attached hydrogen (secondary N) is 1. The lowest BCUT2D eigenvalue weighted by atomic mass is 9.77.